The molecule has 0 aliphatic heterocycles. The highest BCUT2D eigenvalue weighted by molar-refractivity contribution is 5.74. The molecule has 0 radical (unpaired) electrons. The first-order valence-electron chi connectivity index (χ1n) is 5.41. The van der Waals surface area contributed by atoms with Crippen LogP contribution in [0.2, 0.25) is 0 Å². The Morgan fingerprint density at radius 1 is 1.27 bits per heavy atom. The summed E-state index contributed by atoms with van der Waals surface area (Å²) in [5, 5.41) is 3.03. The van der Waals surface area contributed by atoms with Gasteiger partial charge < -0.3 is 10.2 Å². The molecule has 0 heterocycles. The molecule has 1 aromatic rings. The summed E-state index contributed by atoms with van der Waals surface area (Å²) in [5.41, 5.74) is 0.302. The van der Waals surface area contributed by atoms with Gasteiger partial charge in [0.05, 0.1) is 0 Å². The van der Waals surface area contributed by atoms with E-state index in [4.69, 9.17) is 0 Å². The number of hydrogen-bond acceptors (Lipinski definition) is 4. The lowest BCUT2D eigenvalue weighted by atomic mass is 10.1. The molecule has 0 saturated heterocycles. The van der Waals surface area contributed by atoms with Crippen molar-refractivity contribution in [2.45, 2.75) is 26.7 Å². The zero-order chi connectivity index (χ0) is 11.4. The SMILES string of the molecule is CCCCNc1c(N(C)CC)c(=O)c1=O.[HH]. The van der Waals surface area contributed by atoms with Crippen molar-refractivity contribution in [3.05, 3.63) is 20.4 Å². The van der Waals surface area contributed by atoms with Gasteiger partial charge >= 0.3 is 0 Å². The van der Waals surface area contributed by atoms with Gasteiger partial charge in [-0.15, -0.1) is 0 Å². The minimum Gasteiger partial charge on any atom is -0.380 e. The van der Waals surface area contributed by atoms with E-state index >= 15 is 0 Å². The highest BCUT2D eigenvalue weighted by Crippen LogP contribution is 2.18. The van der Waals surface area contributed by atoms with E-state index in [-0.39, 0.29) is 12.3 Å². The van der Waals surface area contributed by atoms with Crippen molar-refractivity contribution in [3.8, 4) is 0 Å². The van der Waals surface area contributed by atoms with Gasteiger partial charge in [-0.1, -0.05) is 13.3 Å². The van der Waals surface area contributed by atoms with E-state index in [9.17, 15) is 9.59 Å². The Morgan fingerprint density at radius 2 is 1.93 bits per heavy atom. The van der Waals surface area contributed by atoms with Gasteiger partial charge in [-0.25, -0.2) is 0 Å². The zero-order valence-corrected chi connectivity index (χ0v) is 9.59. The van der Waals surface area contributed by atoms with E-state index in [1.54, 1.807) is 4.90 Å². The molecule has 1 rings (SSSR count). The van der Waals surface area contributed by atoms with E-state index < -0.39 is 0 Å². The van der Waals surface area contributed by atoms with Crippen molar-refractivity contribution in [1.29, 1.82) is 0 Å². The maximum absolute atomic E-state index is 11.3. The van der Waals surface area contributed by atoms with Crippen molar-refractivity contribution in [2.75, 3.05) is 30.4 Å². The molecule has 0 amide bonds. The summed E-state index contributed by atoms with van der Waals surface area (Å²) in [6, 6.07) is 0. The molecule has 0 aliphatic rings. The van der Waals surface area contributed by atoms with Gasteiger partial charge in [-0.05, 0) is 13.3 Å². The Bertz CT molecular complexity index is 397. The molecular weight excluding hydrogens is 192 g/mol. The van der Waals surface area contributed by atoms with Gasteiger partial charge in [0.2, 0.25) is 0 Å². The number of hydrogen-bond donors (Lipinski definition) is 1. The van der Waals surface area contributed by atoms with Crippen LogP contribution >= 0.6 is 0 Å². The highest BCUT2D eigenvalue weighted by atomic mass is 16.2. The van der Waals surface area contributed by atoms with Crippen LogP contribution in [0, 0.1) is 0 Å². The van der Waals surface area contributed by atoms with E-state index in [1.165, 1.54) is 0 Å². The van der Waals surface area contributed by atoms with E-state index in [0.717, 1.165) is 25.9 Å². The van der Waals surface area contributed by atoms with Crippen LogP contribution in [-0.2, 0) is 0 Å². The van der Waals surface area contributed by atoms with Crippen molar-refractivity contribution in [1.82, 2.24) is 0 Å². The van der Waals surface area contributed by atoms with Gasteiger partial charge in [-0.2, -0.15) is 0 Å². The third-order valence-electron chi connectivity index (χ3n) is 2.57. The fourth-order valence-corrected chi connectivity index (χ4v) is 1.46. The second-order valence-corrected chi connectivity index (χ2v) is 3.68. The summed E-state index contributed by atoms with van der Waals surface area (Å²) in [6.07, 6.45) is 2.08. The number of nitrogens with one attached hydrogen (secondary N) is 1. The summed E-state index contributed by atoms with van der Waals surface area (Å²) in [7, 11) is 1.82. The molecule has 1 aromatic carbocycles. The maximum atomic E-state index is 11.3. The van der Waals surface area contributed by atoms with Gasteiger partial charge in [0.1, 0.15) is 11.4 Å². The lowest BCUT2D eigenvalue weighted by molar-refractivity contribution is 0.830. The molecule has 4 heteroatoms. The molecular formula is C11H20N2O2. The van der Waals surface area contributed by atoms with Crippen LogP contribution < -0.4 is 21.1 Å². The Morgan fingerprint density at radius 3 is 2.47 bits per heavy atom. The lowest BCUT2D eigenvalue weighted by Gasteiger charge is -2.21. The summed E-state index contributed by atoms with van der Waals surface area (Å²) < 4.78 is 0. The van der Waals surface area contributed by atoms with Crippen LogP contribution in [0.15, 0.2) is 9.59 Å². The third kappa shape index (κ3) is 2.19. The zero-order valence-electron chi connectivity index (χ0n) is 9.59. The van der Waals surface area contributed by atoms with Crippen LogP contribution in [0.3, 0.4) is 0 Å². The standard InChI is InChI=1S/C11H18N2O2.H2/c1-4-6-7-12-8-9(13(3)5-2)11(15)10(8)14;/h12H,4-7H2,1-3H3;1H. The first-order chi connectivity index (χ1) is 7.13. The molecule has 1 N–H and O–H groups in total. The van der Waals surface area contributed by atoms with Crippen LogP contribution in [0.4, 0.5) is 11.4 Å². The average molecular weight is 212 g/mol. The second-order valence-electron chi connectivity index (χ2n) is 3.68. The van der Waals surface area contributed by atoms with Crippen LogP contribution in [0.1, 0.15) is 28.1 Å². The predicted octanol–water partition coefficient (Wildman–Crippen LogP) is 1.20. The van der Waals surface area contributed by atoms with Gasteiger partial charge in [0.25, 0.3) is 10.9 Å². The topological polar surface area (TPSA) is 49.4 Å². The minimum atomic E-state index is -0.374. The van der Waals surface area contributed by atoms with Crippen molar-refractivity contribution in [2.24, 2.45) is 0 Å². The van der Waals surface area contributed by atoms with Crippen LogP contribution in [-0.4, -0.2) is 20.1 Å². The van der Waals surface area contributed by atoms with Gasteiger partial charge in [0, 0.05) is 21.6 Å². The molecule has 15 heavy (non-hydrogen) atoms. The smallest absolute Gasteiger partial charge is 0.253 e. The summed E-state index contributed by atoms with van der Waals surface area (Å²) in [5.74, 6) is 0. The second kappa shape index (κ2) is 4.96. The monoisotopic (exact) mass is 212 g/mol. The predicted molar refractivity (Wildman–Crippen MR) is 65.8 cm³/mol. The van der Waals surface area contributed by atoms with Crippen LogP contribution in [0.25, 0.3) is 0 Å². The van der Waals surface area contributed by atoms with E-state index in [1.807, 2.05) is 14.0 Å². The maximum Gasteiger partial charge on any atom is 0.253 e. The Labute approximate surface area is 91.1 Å². The number of nitrogens with zero attached hydrogens (tertiary/aromatic N) is 1. The number of unbranched alkanes of at least 4 members (excludes halogenated alkanes) is 1. The van der Waals surface area contributed by atoms with Crippen molar-refractivity contribution < 1.29 is 1.43 Å². The summed E-state index contributed by atoms with van der Waals surface area (Å²) >= 11 is 0. The molecule has 86 valence electrons. The van der Waals surface area contributed by atoms with E-state index in [2.05, 4.69) is 12.2 Å². The Kier molecular flexibility index (Phi) is 3.88. The minimum absolute atomic E-state index is 0. The third-order valence-corrected chi connectivity index (χ3v) is 2.57. The van der Waals surface area contributed by atoms with E-state index in [0.29, 0.717) is 11.4 Å². The first kappa shape index (κ1) is 11.8. The molecule has 0 atom stereocenters. The largest absolute Gasteiger partial charge is 0.380 e. The fourth-order valence-electron chi connectivity index (χ4n) is 1.46. The number of anilines is 2. The normalized spacial score (nSPS) is 10.6. The Balaban J connectivity index is 0.00000225. The highest BCUT2D eigenvalue weighted by Gasteiger charge is 2.22. The van der Waals surface area contributed by atoms with Gasteiger partial charge in [0.15, 0.2) is 0 Å². The van der Waals surface area contributed by atoms with Crippen molar-refractivity contribution in [3.63, 3.8) is 0 Å². The molecule has 0 spiro atoms. The molecule has 0 aromatic heterocycles. The molecule has 0 fully saturated rings. The summed E-state index contributed by atoms with van der Waals surface area (Å²) in [4.78, 5) is 24.4. The first-order valence-corrected chi connectivity index (χ1v) is 5.41. The quantitative estimate of drug-likeness (QED) is 0.568. The molecule has 0 saturated carbocycles. The Hall–Kier alpha value is -1.32. The lowest BCUT2D eigenvalue weighted by Crippen LogP contribution is -2.41. The molecule has 0 aliphatic carbocycles. The van der Waals surface area contributed by atoms with Crippen molar-refractivity contribution >= 4 is 11.4 Å². The molecule has 0 unspecified atom stereocenters. The molecule has 0 bridgehead atoms. The average Bonchev–Trinajstić information content (AvgIpc) is 2.26. The fraction of sp³-hybridized carbons (Fsp3) is 0.636. The molecule has 4 nitrogen and oxygen atoms in total. The number of rotatable bonds is 6. The van der Waals surface area contributed by atoms with Gasteiger partial charge in [-0.3, -0.25) is 9.59 Å². The summed E-state index contributed by atoms with van der Waals surface area (Å²) in [6.45, 7) is 5.52. The van der Waals surface area contributed by atoms with Crippen LogP contribution in [0.5, 0.6) is 0 Å².